The van der Waals surface area contributed by atoms with Gasteiger partial charge in [-0.1, -0.05) is 29.3 Å². The maximum Gasteiger partial charge on any atom is 0.329 e. The molecule has 0 saturated heterocycles. The Labute approximate surface area is 239 Å². The van der Waals surface area contributed by atoms with Gasteiger partial charge >= 0.3 is 11.8 Å². The number of hydrogen-bond donors (Lipinski definition) is 3. The first kappa shape index (κ1) is 28.5. The van der Waals surface area contributed by atoms with Crippen LogP contribution >= 0.6 is 23.2 Å². The van der Waals surface area contributed by atoms with Gasteiger partial charge in [-0.15, -0.1) is 0 Å². The Bertz CT molecular complexity index is 1430. The van der Waals surface area contributed by atoms with Crippen molar-refractivity contribution in [1.29, 1.82) is 0 Å². The lowest BCUT2D eigenvalue weighted by Gasteiger charge is -2.13. The number of hydrogen-bond acceptors (Lipinski definition) is 8. The lowest BCUT2D eigenvalue weighted by molar-refractivity contribution is -0.139. The van der Waals surface area contributed by atoms with Gasteiger partial charge in [0.15, 0.2) is 29.6 Å². The van der Waals surface area contributed by atoms with Crippen LogP contribution in [0.25, 0.3) is 0 Å². The summed E-state index contributed by atoms with van der Waals surface area (Å²) in [5.74, 6) is -0.330. The molecule has 11 nitrogen and oxygen atoms in total. The van der Waals surface area contributed by atoms with E-state index in [9.17, 15) is 14.4 Å². The summed E-state index contributed by atoms with van der Waals surface area (Å²) in [4.78, 5) is 36.5. The van der Waals surface area contributed by atoms with E-state index in [0.29, 0.717) is 50.9 Å². The molecule has 0 unspecified atom stereocenters. The number of carbonyl (C=O) groups excluding carboxylic acids is 3. The second kappa shape index (κ2) is 13.5. The van der Waals surface area contributed by atoms with E-state index in [0.717, 1.165) is 5.56 Å². The van der Waals surface area contributed by atoms with Crippen molar-refractivity contribution in [3.8, 4) is 23.0 Å². The van der Waals surface area contributed by atoms with E-state index in [4.69, 9.17) is 42.1 Å². The molecule has 0 atom stereocenters. The third-order valence-electron chi connectivity index (χ3n) is 5.25. The van der Waals surface area contributed by atoms with Crippen LogP contribution in [0.15, 0.2) is 59.7 Å². The molecule has 1 heterocycles. The van der Waals surface area contributed by atoms with Crippen molar-refractivity contribution >= 4 is 52.8 Å². The highest BCUT2D eigenvalue weighted by Gasteiger charge is 2.16. The van der Waals surface area contributed by atoms with Gasteiger partial charge in [-0.2, -0.15) is 5.10 Å². The van der Waals surface area contributed by atoms with Crippen molar-refractivity contribution in [3.05, 3.63) is 75.8 Å². The Balaban J connectivity index is 1.27. The van der Waals surface area contributed by atoms with Gasteiger partial charge in [-0.25, -0.2) is 5.43 Å². The first-order valence-corrected chi connectivity index (χ1v) is 12.7. The van der Waals surface area contributed by atoms with Crippen molar-refractivity contribution in [2.75, 3.05) is 25.3 Å². The largest absolute Gasteiger partial charge is 0.490 e. The predicted octanol–water partition coefficient (Wildman–Crippen LogP) is 3.90. The standard InChI is InChI=1S/C27H24Cl2N4O7/c1-2-37-23-8-17(4-5-21(23)38-14-25(34)32-20-10-18(28)9-19(29)11-20)13-31-33-27(36)26(35)30-12-16-3-6-22-24(7-16)40-15-39-22/h3-11,13H,2,12,14-15H2,1H3,(H,30,35)(H,32,34)(H,33,36)/b31-13-. The maximum absolute atomic E-state index is 12.3. The lowest BCUT2D eigenvalue weighted by atomic mass is 10.2. The third kappa shape index (κ3) is 8.01. The van der Waals surface area contributed by atoms with E-state index in [1.54, 1.807) is 61.5 Å². The monoisotopic (exact) mass is 586 g/mol. The van der Waals surface area contributed by atoms with Crippen LogP contribution in [0.5, 0.6) is 23.0 Å². The van der Waals surface area contributed by atoms with E-state index in [2.05, 4.69) is 21.2 Å². The van der Waals surface area contributed by atoms with Crippen LogP contribution in [-0.4, -0.2) is 43.9 Å². The summed E-state index contributed by atoms with van der Waals surface area (Å²) in [6.07, 6.45) is 1.34. The van der Waals surface area contributed by atoms with E-state index in [1.807, 2.05) is 0 Å². The number of nitrogens with zero attached hydrogens (tertiary/aromatic N) is 1. The van der Waals surface area contributed by atoms with Gasteiger partial charge in [0, 0.05) is 22.3 Å². The molecule has 3 N–H and O–H groups in total. The lowest BCUT2D eigenvalue weighted by Crippen LogP contribution is -2.37. The molecular weight excluding hydrogens is 563 g/mol. The number of anilines is 1. The Hall–Kier alpha value is -4.48. The number of fused-ring (bicyclic) bond motifs is 1. The van der Waals surface area contributed by atoms with E-state index in [1.165, 1.54) is 6.21 Å². The van der Waals surface area contributed by atoms with Crippen molar-refractivity contribution in [2.24, 2.45) is 5.10 Å². The Morgan fingerprint density at radius 3 is 2.48 bits per heavy atom. The molecule has 4 rings (SSSR count). The minimum Gasteiger partial charge on any atom is -0.490 e. The number of nitrogens with one attached hydrogen (secondary N) is 3. The molecule has 0 fully saturated rings. The molecule has 0 saturated carbocycles. The summed E-state index contributed by atoms with van der Waals surface area (Å²) in [6.45, 7) is 2.10. The molecule has 0 aliphatic carbocycles. The van der Waals surface area contributed by atoms with Crippen molar-refractivity contribution in [1.82, 2.24) is 10.7 Å². The molecule has 3 aromatic rings. The maximum atomic E-state index is 12.3. The quantitative estimate of drug-likeness (QED) is 0.186. The fraction of sp³-hybridized carbons (Fsp3) is 0.185. The normalized spacial score (nSPS) is 11.7. The second-order valence-corrected chi connectivity index (χ2v) is 9.08. The van der Waals surface area contributed by atoms with Gasteiger partial charge in [-0.3, -0.25) is 14.4 Å². The first-order valence-electron chi connectivity index (χ1n) is 12.0. The summed E-state index contributed by atoms with van der Waals surface area (Å²) in [6, 6.07) is 14.7. The van der Waals surface area contributed by atoms with Crippen LogP contribution in [-0.2, 0) is 20.9 Å². The summed E-state index contributed by atoms with van der Waals surface area (Å²) in [5, 5.41) is 9.77. The Morgan fingerprint density at radius 1 is 0.925 bits per heavy atom. The van der Waals surface area contributed by atoms with Gasteiger partial charge in [0.2, 0.25) is 6.79 Å². The summed E-state index contributed by atoms with van der Waals surface area (Å²) in [7, 11) is 0. The highest BCUT2D eigenvalue weighted by atomic mass is 35.5. The van der Waals surface area contributed by atoms with Gasteiger partial charge in [0.05, 0.1) is 12.8 Å². The van der Waals surface area contributed by atoms with Crippen LogP contribution in [0.1, 0.15) is 18.1 Å². The molecule has 0 radical (unpaired) electrons. The molecule has 0 bridgehead atoms. The molecule has 0 spiro atoms. The number of rotatable bonds is 10. The predicted molar refractivity (Wildman–Crippen MR) is 148 cm³/mol. The fourth-order valence-electron chi connectivity index (χ4n) is 3.49. The summed E-state index contributed by atoms with van der Waals surface area (Å²) < 4.78 is 21.8. The molecule has 1 aliphatic rings. The number of halogens is 2. The molecular formula is C27H24Cl2N4O7. The smallest absolute Gasteiger partial charge is 0.329 e. The minimum absolute atomic E-state index is 0.122. The van der Waals surface area contributed by atoms with Crippen LogP contribution in [0, 0.1) is 0 Å². The molecule has 40 heavy (non-hydrogen) atoms. The van der Waals surface area contributed by atoms with Gasteiger partial charge in [-0.05, 0) is 66.6 Å². The first-order chi connectivity index (χ1) is 19.3. The van der Waals surface area contributed by atoms with Crippen molar-refractivity contribution in [2.45, 2.75) is 13.5 Å². The topological polar surface area (TPSA) is 137 Å². The zero-order valence-electron chi connectivity index (χ0n) is 21.2. The van der Waals surface area contributed by atoms with Crippen LogP contribution in [0.4, 0.5) is 5.69 Å². The zero-order chi connectivity index (χ0) is 28.5. The third-order valence-corrected chi connectivity index (χ3v) is 5.69. The Kier molecular flexibility index (Phi) is 9.66. The molecule has 3 amide bonds. The van der Waals surface area contributed by atoms with E-state index >= 15 is 0 Å². The number of amides is 3. The second-order valence-electron chi connectivity index (χ2n) is 8.20. The molecule has 13 heteroatoms. The van der Waals surface area contributed by atoms with Crippen LogP contribution in [0.3, 0.4) is 0 Å². The van der Waals surface area contributed by atoms with Gasteiger partial charge in [0.1, 0.15) is 0 Å². The fourth-order valence-corrected chi connectivity index (χ4v) is 4.01. The number of ether oxygens (including phenoxy) is 4. The average Bonchev–Trinajstić information content (AvgIpc) is 3.39. The van der Waals surface area contributed by atoms with Crippen LogP contribution < -0.4 is 35.0 Å². The highest BCUT2D eigenvalue weighted by molar-refractivity contribution is 6.35. The molecule has 3 aromatic carbocycles. The van der Waals surface area contributed by atoms with Crippen molar-refractivity contribution < 1.29 is 33.3 Å². The average molecular weight is 587 g/mol. The Morgan fingerprint density at radius 2 is 1.70 bits per heavy atom. The SMILES string of the molecule is CCOc1cc(/C=N\NC(=O)C(=O)NCc2ccc3c(c2)OCO3)ccc1OCC(=O)Nc1cc(Cl)cc(Cl)c1. The number of benzene rings is 3. The molecule has 208 valence electrons. The van der Waals surface area contributed by atoms with E-state index < -0.39 is 17.7 Å². The summed E-state index contributed by atoms with van der Waals surface area (Å²) >= 11 is 11.9. The summed E-state index contributed by atoms with van der Waals surface area (Å²) in [5.41, 5.74) is 3.90. The van der Waals surface area contributed by atoms with Gasteiger partial charge in [0.25, 0.3) is 5.91 Å². The molecule has 0 aromatic heterocycles. The van der Waals surface area contributed by atoms with Gasteiger partial charge < -0.3 is 29.6 Å². The molecule has 1 aliphatic heterocycles. The van der Waals surface area contributed by atoms with Crippen molar-refractivity contribution in [3.63, 3.8) is 0 Å². The number of carbonyl (C=O) groups is 3. The number of hydrazone groups is 1. The van der Waals surface area contributed by atoms with Crippen LogP contribution in [0.2, 0.25) is 10.0 Å². The van der Waals surface area contributed by atoms with E-state index in [-0.39, 0.29) is 19.9 Å². The highest BCUT2D eigenvalue weighted by Crippen LogP contribution is 2.32. The minimum atomic E-state index is -0.936. The zero-order valence-corrected chi connectivity index (χ0v) is 22.7.